The van der Waals surface area contributed by atoms with Crippen molar-refractivity contribution in [1.29, 1.82) is 0 Å². The minimum Gasteiger partial charge on any atom is -0.497 e. The highest BCUT2D eigenvalue weighted by atomic mass is 35.5. The lowest BCUT2D eigenvalue weighted by Crippen LogP contribution is -2.58. The van der Waals surface area contributed by atoms with Crippen molar-refractivity contribution in [3.8, 4) is 5.75 Å². The molecule has 4 amide bonds. The van der Waals surface area contributed by atoms with Crippen LogP contribution in [-0.4, -0.2) is 67.2 Å². The van der Waals surface area contributed by atoms with Crippen molar-refractivity contribution in [3.05, 3.63) is 100 Å². The second kappa shape index (κ2) is 17.9. The number of benzene rings is 3. The normalized spacial score (nSPS) is 13.4. The van der Waals surface area contributed by atoms with E-state index in [1.807, 2.05) is 0 Å². The molecule has 17 heteroatoms. The van der Waals surface area contributed by atoms with Crippen LogP contribution in [0.2, 0.25) is 5.02 Å². The Balaban J connectivity index is 1.97. The summed E-state index contributed by atoms with van der Waals surface area (Å²) in [6.07, 6.45) is -5.13. The summed E-state index contributed by atoms with van der Waals surface area (Å²) in [4.78, 5) is 65.9. The standard InChI is InChI=1S/C35H37ClF5N5O6/c1-19(2)27(29(47)35(40,41)33(51)43-18-34(37,38)39)45-32(50)28(22-11-13-25(52-3)14-12-22)46-31(49)26(15-20-7-9-21(17-42)10-8-20)44-30(48)23-5-4-6-24(36)16-23/h4-14,16,19,26-28H,15,17-18,42H2,1-3H3,(H,43,51)(H,44,48)(H,45,50)(H,46,49). The predicted octanol–water partition coefficient (Wildman–Crippen LogP) is 4.03. The third kappa shape index (κ3) is 11.5. The van der Waals surface area contributed by atoms with Gasteiger partial charge in [0.25, 0.3) is 11.8 Å². The van der Waals surface area contributed by atoms with Gasteiger partial charge in [-0.3, -0.25) is 24.0 Å². The number of carbonyl (C=O) groups excluding carboxylic acids is 5. The molecule has 3 atom stereocenters. The van der Waals surface area contributed by atoms with E-state index in [1.54, 1.807) is 30.3 Å². The van der Waals surface area contributed by atoms with Crippen LogP contribution in [0.1, 0.15) is 46.9 Å². The quantitative estimate of drug-likeness (QED) is 0.109. The number of nitrogens with one attached hydrogen (secondary N) is 4. The van der Waals surface area contributed by atoms with Crippen LogP contribution in [0.3, 0.4) is 0 Å². The van der Waals surface area contributed by atoms with Gasteiger partial charge in [0.05, 0.1) is 13.2 Å². The summed E-state index contributed by atoms with van der Waals surface area (Å²) in [6, 6.07) is 13.2. The lowest BCUT2D eigenvalue weighted by molar-refractivity contribution is -0.165. The van der Waals surface area contributed by atoms with E-state index in [1.165, 1.54) is 63.4 Å². The molecule has 3 unspecified atom stereocenters. The fraction of sp³-hybridized carbons (Fsp3) is 0.343. The Bertz CT molecular complexity index is 1740. The molecule has 52 heavy (non-hydrogen) atoms. The maximum absolute atomic E-state index is 14.9. The topological polar surface area (TPSA) is 169 Å². The number of carbonyl (C=O) groups is 5. The summed E-state index contributed by atoms with van der Waals surface area (Å²) in [5.74, 6) is -13.2. The summed E-state index contributed by atoms with van der Waals surface area (Å²) in [5, 5.41) is 8.48. The second-order valence-corrected chi connectivity index (χ2v) is 12.4. The number of rotatable bonds is 16. The van der Waals surface area contributed by atoms with Gasteiger partial charge in [-0.05, 0) is 52.9 Å². The van der Waals surface area contributed by atoms with Gasteiger partial charge in [0, 0.05) is 23.6 Å². The number of hydrogen-bond acceptors (Lipinski definition) is 7. The molecular weight excluding hydrogens is 717 g/mol. The number of Topliss-reactive ketones (excluding diaryl/α,β-unsaturated/α-hetero) is 1. The Morgan fingerprint density at radius 3 is 1.98 bits per heavy atom. The summed E-state index contributed by atoms with van der Waals surface area (Å²) in [6.45, 7) is 0.638. The molecular formula is C35H37ClF5N5O6. The molecule has 0 fully saturated rings. The third-order valence-electron chi connectivity index (χ3n) is 7.70. The molecule has 0 radical (unpaired) electrons. The highest BCUT2D eigenvalue weighted by molar-refractivity contribution is 6.31. The molecule has 0 saturated heterocycles. The van der Waals surface area contributed by atoms with Crippen LogP contribution < -0.4 is 31.7 Å². The second-order valence-electron chi connectivity index (χ2n) is 11.9. The van der Waals surface area contributed by atoms with Gasteiger partial charge in [0.15, 0.2) is 0 Å². The maximum Gasteiger partial charge on any atom is 0.405 e. The Morgan fingerprint density at radius 2 is 1.44 bits per heavy atom. The number of halogens is 6. The highest BCUT2D eigenvalue weighted by Crippen LogP contribution is 2.24. The van der Waals surface area contributed by atoms with Crippen LogP contribution in [0.5, 0.6) is 5.75 Å². The number of nitrogens with two attached hydrogens (primary N) is 1. The molecule has 0 heterocycles. The summed E-state index contributed by atoms with van der Waals surface area (Å²) >= 11 is 6.04. The van der Waals surface area contributed by atoms with E-state index in [0.717, 1.165) is 10.9 Å². The van der Waals surface area contributed by atoms with Gasteiger partial charge < -0.3 is 31.7 Å². The minimum atomic E-state index is -5.04. The van der Waals surface area contributed by atoms with Crippen LogP contribution in [0.15, 0.2) is 72.8 Å². The molecule has 280 valence electrons. The first-order valence-corrected chi connectivity index (χ1v) is 16.1. The Hall–Kier alpha value is -5.09. The lowest BCUT2D eigenvalue weighted by atomic mass is 9.94. The van der Waals surface area contributed by atoms with E-state index >= 15 is 0 Å². The van der Waals surface area contributed by atoms with E-state index in [0.29, 0.717) is 11.3 Å². The first kappa shape index (κ1) is 41.3. The SMILES string of the molecule is COc1ccc(C(NC(=O)C(Cc2ccc(CN)cc2)NC(=O)c2cccc(Cl)c2)C(=O)NC(C(=O)C(F)(F)C(=O)NCC(F)(F)F)C(C)C)cc1. The summed E-state index contributed by atoms with van der Waals surface area (Å²) in [7, 11) is 1.37. The first-order valence-electron chi connectivity index (χ1n) is 15.7. The lowest BCUT2D eigenvalue weighted by Gasteiger charge is -2.28. The van der Waals surface area contributed by atoms with Crippen molar-refractivity contribution in [2.75, 3.05) is 13.7 Å². The molecule has 3 aromatic rings. The van der Waals surface area contributed by atoms with Crippen LogP contribution in [0, 0.1) is 5.92 Å². The van der Waals surface area contributed by atoms with Crippen molar-refractivity contribution in [3.63, 3.8) is 0 Å². The fourth-order valence-electron chi connectivity index (χ4n) is 4.84. The molecule has 0 aliphatic heterocycles. The Labute approximate surface area is 300 Å². The van der Waals surface area contributed by atoms with Crippen LogP contribution in [0.25, 0.3) is 0 Å². The van der Waals surface area contributed by atoms with E-state index < -0.39 is 72.1 Å². The molecule has 3 rings (SSSR count). The number of ether oxygens (including phenoxy) is 1. The van der Waals surface area contributed by atoms with Crippen molar-refractivity contribution < 1.29 is 50.7 Å². The van der Waals surface area contributed by atoms with E-state index in [2.05, 4.69) is 16.0 Å². The first-order chi connectivity index (χ1) is 24.4. The fourth-order valence-corrected chi connectivity index (χ4v) is 5.03. The molecule has 0 bridgehead atoms. The van der Waals surface area contributed by atoms with Crippen molar-refractivity contribution in [1.82, 2.24) is 21.3 Å². The van der Waals surface area contributed by atoms with Crippen molar-refractivity contribution >= 4 is 41.0 Å². The van der Waals surface area contributed by atoms with Gasteiger partial charge in [0.1, 0.15) is 24.4 Å². The molecule has 0 spiro atoms. The average molecular weight is 754 g/mol. The maximum atomic E-state index is 14.9. The Morgan fingerprint density at radius 1 is 0.827 bits per heavy atom. The van der Waals surface area contributed by atoms with Gasteiger partial charge in [-0.15, -0.1) is 0 Å². The van der Waals surface area contributed by atoms with Gasteiger partial charge in [-0.1, -0.05) is 67.9 Å². The minimum absolute atomic E-state index is 0.0866. The zero-order valence-electron chi connectivity index (χ0n) is 28.2. The summed E-state index contributed by atoms with van der Waals surface area (Å²) in [5.41, 5.74) is 7.27. The van der Waals surface area contributed by atoms with Gasteiger partial charge >= 0.3 is 12.1 Å². The molecule has 0 aliphatic rings. The van der Waals surface area contributed by atoms with Crippen LogP contribution in [-0.2, 0) is 32.1 Å². The molecule has 11 nitrogen and oxygen atoms in total. The van der Waals surface area contributed by atoms with Crippen LogP contribution in [0.4, 0.5) is 22.0 Å². The molecule has 0 aliphatic carbocycles. The summed E-state index contributed by atoms with van der Waals surface area (Å²) < 4.78 is 72.6. The van der Waals surface area contributed by atoms with Gasteiger partial charge in [0.2, 0.25) is 17.6 Å². The molecule has 0 aromatic heterocycles. The zero-order chi connectivity index (χ0) is 38.8. The smallest absolute Gasteiger partial charge is 0.405 e. The third-order valence-corrected chi connectivity index (χ3v) is 7.93. The predicted molar refractivity (Wildman–Crippen MR) is 180 cm³/mol. The van der Waals surface area contributed by atoms with Gasteiger partial charge in [-0.25, -0.2) is 0 Å². The van der Waals surface area contributed by atoms with Gasteiger partial charge in [-0.2, -0.15) is 22.0 Å². The number of amides is 4. The number of alkyl halides is 5. The molecule has 3 aromatic carbocycles. The van der Waals surface area contributed by atoms with E-state index in [4.69, 9.17) is 22.1 Å². The van der Waals surface area contributed by atoms with E-state index in [9.17, 15) is 45.9 Å². The largest absolute Gasteiger partial charge is 0.497 e. The number of ketones is 1. The Kier molecular flexibility index (Phi) is 14.2. The average Bonchev–Trinajstić information content (AvgIpc) is 3.10. The van der Waals surface area contributed by atoms with Crippen LogP contribution >= 0.6 is 11.6 Å². The van der Waals surface area contributed by atoms with E-state index in [-0.39, 0.29) is 29.1 Å². The molecule has 0 saturated carbocycles. The number of hydrogen-bond donors (Lipinski definition) is 5. The number of methoxy groups -OCH3 is 1. The van der Waals surface area contributed by atoms with Crippen molar-refractivity contribution in [2.24, 2.45) is 11.7 Å². The zero-order valence-corrected chi connectivity index (χ0v) is 28.9. The molecule has 6 N–H and O–H groups in total. The monoisotopic (exact) mass is 753 g/mol. The van der Waals surface area contributed by atoms with Crippen molar-refractivity contribution in [2.45, 2.75) is 57.0 Å². The highest BCUT2D eigenvalue weighted by Gasteiger charge is 2.52.